The molecule has 7 nitrogen and oxygen atoms in total. The molecule has 1 rings (SSSR count). The van der Waals surface area contributed by atoms with E-state index < -0.39 is 4.92 Å². The number of nitro benzene ring substituents is 1. The number of carbonyl (C=O) groups is 1. The first-order valence-corrected chi connectivity index (χ1v) is 6.42. The molecule has 110 valence electrons. The zero-order chi connectivity index (χ0) is 15.1. The van der Waals surface area contributed by atoms with Gasteiger partial charge in [0.1, 0.15) is 5.69 Å². The number of para-hydroxylation sites is 1. The molecule has 0 saturated heterocycles. The van der Waals surface area contributed by atoms with Crippen molar-refractivity contribution in [3.05, 3.63) is 33.9 Å². The Kier molecular flexibility index (Phi) is 5.92. The van der Waals surface area contributed by atoms with Crippen LogP contribution in [0.25, 0.3) is 0 Å². The van der Waals surface area contributed by atoms with Crippen molar-refractivity contribution in [3.63, 3.8) is 0 Å². The molecule has 2 N–H and O–H groups in total. The monoisotopic (exact) mass is 281 g/mol. The van der Waals surface area contributed by atoms with Crippen molar-refractivity contribution in [1.82, 2.24) is 4.90 Å². The number of aliphatic hydroxyl groups is 1. The lowest BCUT2D eigenvalue weighted by molar-refractivity contribution is -0.384. The maximum absolute atomic E-state index is 12.4. The maximum Gasteiger partial charge on any atom is 0.293 e. The van der Waals surface area contributed by atoms with Crippen molar-refractivity contribution in [2.45, 2.75) is 13.3 Å². The van der Waals surface area contributed by atoms with E-state index in [0.717, 1.165) is 0 Å². The van der Waals surface area contributed by atoms with E-state index in [1.807, 2.05) is 6.92 Å². The molecular formula is C13H19N3O4. The van der Waals surface area contributed by atoms with E-state index in [9.17, 15) is 14.9 Å². The van der Waals surface area contributed by atoms with Crippen LogP contribution in [0.3, 0.4) is 0 Å². The molecule has 0 aliphatic rings. The van der Waals surface area contributed by atoms with Crippen molar-refractivity contribution in [2.75, 3.05) is 32.1 Å². The first-order chi connectivity index (χ1) is 9.56. The predicted molar refractivity (Wildman–Crippen MR) is 75.9 cm³/mol. The topological polar surface area (TPSA) is 95.7 Å². The van der Waals surface area contributed by atoms with E-state index in [0.29, 0.717) is 19.5 Å². The van der Waals surface area contributed by atoms with Crippen LogP contribution in [0.1, 0.15) is 23.7 Å². The number of rotatable bonds is 7. The number of benzene rings is 1. The van der Waals surface area contributed by atoms with Crippen LogP contribution in [0.2, 0.25) is 0 Å². The minimum atomic E-state index is -0.521. The summed E-state index contributed by atoms with van der Waals surface area (Å²) < 4.78 is 0. The molecule has 0 aromatic heterocycles. The van der Waals surface area contributed by atoms with Crippen molar-refractivity contribution < 1.29 is 14.8 Å². The van der Waals surface area contributed by atoms with Gasteiger partial charge in [-0.15, -0.1) is 0 Å². The van der Waals surface area contributed by atoms with E-state index in [1.54, 1.807) is 18.0 Å². The van der Waals surface area contributed by atoms with Gasteiger partial charge in [0.15, 0.2) is 0 Å². The number of carbonyl (C=O) groups excluding carboxylic acids is 1. The summed E-state index contributed by atoms with van der Waals surface area (Å²) in [6, 6.07) is 4.40. The van der Waals surface area contributed by atoms with Crippen LogP contribution in [0, 0.1) is 10.1 Å². The average Bonchev–Trinajstić information content (AvgIpc) is 2.46. The first-order valence-electron chi connectivity index (χ1n) is 6.42. The van der Waals surface area contributed by atoms with Crippen LogP contribution >= 0.6 is 0 Å². The molecule has 7 heteroatoms. The summed E-state index contributed by atoms with van der Waals surface area (Å²) >= 11 is 0. The Morgan fingerprint density at radius 1 is 1.50 bits per heavy atom. The highest BCUT2D eigenvalue weighted by Gasteiger charge is 2.23. The van der Waals surface area contributed by atoms with Crippen LogP contribution in [0.15, 0.2) is 18.2 Å². The van der Waals surface area contributed by atoms with E-state index in [4.69, 9.17) is 5.11 Å². The van der Waals surface area contributed by atoms with Gasteiger partial charge in [-0.2, -0.15) is 0 Å². The number of nitro groups is 1. The van der Waals surface area contributed by atoms with Gasteiger partial charge >= 0.3 is 0 Å². The number of hydrogen-bond donors (Lipinski definition) is 2. The molecular weight excluding hydrogens is 262 g/mol. The number of anilines is 1. The molecule has 0 aliphatic carbocycles. The van der Waals surface area contributed by atoms with Gasteiger partial charge in [0.25, 0.3) is 11.6 Å². The van der Waals surface area contributed by atoms with Crippen molar-refractivity contribution in [3.8, 4) is 0 Å². The molecule has 0 fully saturated rings. The van der Waals surface area contributed by atoms with Crippen LogP contribution in [0.5, 0.6) is 0 Å². The quantitative estimate of drug-likeness (QED) is 0.583. The van der Waals surface area contributed by atoms with Gasteiger partial charge in [-0.1, -0.05) is 6.07 Å². The molecule has 0 unspecified atom stereocenters. The maximum atomic E-state index is 12.4. The number of hydrogen-bond acceptors (Lipinski definition) is 5. The summed E-state index contributed by atoms with van der Waals surface area (Å²) in [5.41, 5.74) is 0.350. The van der Waals surface area contributed by atoms with Crippen LogP contribution in [0.4, 0.5) is 11.4 Å². The highest BCUT2D eigenvalue weighted by Crippen LogP contribution is 2.28. The van der Waals surface area contributed by atoms with Gasteiger partial charge in [0, 0.05) is 32.8 Å². The largest absolute Gasteiger partial charge is 0.396 e. The Bertz CT molecular complexity index is 491. The summed E-state index contributed by atoms with van der Waals surface area (Å²) in [6.07, 6.45) is 0.476. The molecule has 0 saturated carbocycles. The Hall–Kier alpha value is -2.15. The molecule has 0 bridgehead atoms. The zero-order valence-electron chi connectivity index (χ0n) is 11.6. The number of aliphatic hydroxyl groups excluding tert-OH is 1. The molecule has 0 atom stereocenters. The van der Waals surface area contributed by atoms with Gasteiger partial charge in [0.05, 0.1) is 10.5 Å². The Labute approximate surface area is 117 Å². The lowest BCUT2D eigenvalue weighted by atomic mass is 10.1. The molecule has 0 spiro atoms. The third kappa shape index (κ3) is 3.45. The second kappa shape index (κ2) is 7.44. The third-order valence-electron chi connectivity index (χ3n) is 2.97. The third-order valence-corrected chi connectivity index (χ3v) is 2.97. The fourth-order valence-corrected chi connectivity index (χ4v) is 1.97. The van der Waals surface area contributed by atoms with E-state index in [2.05, 4.69) is 5.32 Å². The van der Waals surface area contributed by atoms with Gasteiger partial charge in [-0.25, -0.2) is 0 Å². The fraction of sp³-hybridized carbons (Fsp3) is 0.462. The average molecular weight is 281 g/mol. The highest BCUT2D eigenvalue weighted by molar-refractivity contribution is 6.01. The SMILES string of the molecule is CCN(CCCO)C(=O)c1cccc([N+](=O)[O-])c1NC. The number of nitrogens with zero attached hydrogens (tertiary/aromatic N) is 2. The summed E-state index contributed by atoms with van der Waals surface area (Å²) in [7, 11) is 1.54. The number of amides is 1. The molecule has 0 heterocycles. The lowest BCUT2D eigenvalue weighted by Gasteiger charge is -2.21. The Morgan fingerprint density at radius 3 is 2.70 bits per heavy atom. The van der Waals surface area contributed by atoms with Crippen molar-refractivity contribution in [1.29, 1.82) is 0 Å². The second-order valence-electron chi connectivity index (χ2n) is 4.17. The van der Waals surface area contributed by atoms with E-state index in [1.165, 1.54) is 12.1 Å². The number of nitrogens with one attached hydrogen (secondary N) is 1. The second-order valence-corrected chi connectivity index (χ2v) is 4.17. The normalized spacial score (nSPS) is 10.2. The summed E-state index contributed by atoms with van der Waals surface area (Å²) in [5, 5.41) is 22.5. The van der Waals surface area contributed by atoms with Crippen LogP contribution in [-0.4, -0.2) is 47.6 Å². The van der Waals surface area contributed by atoms with Gasteiger partial charge in [-0.05, 0) is 19.4 Å². The standard InChI is InChI=1S/C13H19N3O4/c1-3-15(8-5-9-17)13(18)10-6-4-7-11(16(19)20)12(10)14-2/h4,6-7,14,17H,3,5,8-9H2,1-2H3. The highest BCUT2D eigenvalue weighted by atomic mass is 16.6. The molecule has 1 aromatic rings. The lowest BCUT2D eigenvalue weighted by Crippen LogP contribution is -2.32. The van der Waals surface area contributed by atoms with Gasteiger partial charge in [-0.3, -0.25) is 14.9 Å². The molecule has 0 aliphatic heterocycles. The predicted octanol–water partition coefficient (Wildman–Crippen LogP) is 1.48. The van der Waals surface area contributed by atoms with E-state index in [-0.39, 0.29) is 29.5 Å². The molecule has 1 aromatic carbocycles. The Morgan fingerprint density at radius 2 is 2.20 bits per heavy atom. The Balaban J connectivity index is 3.14. The minimum absolute atomic E-state index is 0.00238. The molecule has 1 amide bonds. The molecule has 20 heavy (non-hydrogen) atoms. The van der Waals surface area contributed by atoms with Gasteiger partial charge in [0.2, 0.25) is 0 Å². The zero-order valence-corrected chi connectivity index (χ0v) is 11.6. The summed E-state index contributed by atoms with van der Waals surface area (Å²) in [6.45, 7) is 2.71. The van der Waals surface area contributed by atoms with E-state index >= 15 is 0 Å². The first kappa shape index (κ1) is 15.9. The summed E-state index contributed by atoms with van der Waals surface area (Å²) in [5.74, 6) is -0.283. The summed E-state index contributed by atoms with van der Waals surface area (Å²) in [4.78, 5) is 24.4. The van der Waals surface area contributed by atoms with Crippen molar-refractivity contribution >= 4 is 17.3 Å². The molecule has 0 radical (unpaired) electrons. The van der Waals surface area contributed by atoms with Crippen molar-refractivity contribution in [2.24, 2.45) is 0 Å². The smallest absolute Gasteiger partial charge is 0.293 e. The fourth-order valence-electron chi connectivity index (χ4n) is 1.97. The van der Waals surface area contributed by atoms with Crippen LogP contribution < -0.4 is 5.32 Å². The van der Waals surface area contributed by atoms with Crippen LogP contribution in [-0.2, 0) is 0 Å². The van der Waals surface area contributed by atoms with Gasteiger partial charge < -0.3 is 15.3 Å². The minimum Gasteiger partial charge on any atom is -0.396 e.